The van der Waals surface area contributed by atoms with E-state index < -0.39 is 0 Å². The van der Waals surface area contributed by atoms with E-state index in [1.165, 1.54) is 19.3 Å². The summed E-state index contributed by atoms with van der Waals surface area (Å²) < 4.78 is 0. The molecule has 0 aromatic carbocycles. The molecule has 0 amide bonds. The zero-order valence-corrected chi connectivity index (χ0v) is 9.05. The smallest absolute Gasteiger partial charge is 0.223 e. The van der Waals surface area contributed by atoms with Gasteiger partial charge < -0.3 is 11.1 Å². The van der Waals surface area contributed by atoms with Crippen molar-refractivity contribution in [3.63, 3.8) is 0 Å². The van der Waals surface area contributed by atoms with Crippen molar-refractivity contribution in [3.8, 4) is 0 Å². The zero-order chi connectivity index (χ0) is 10.3. The van der Waals surface area contributed by atoms with Crippen LogP contribution in [-0.4, -0.2) is 16.0 Å². The van der Waals surface area contributed by atoms with Gasteiger partial charge in [0.15, 0.2) is 0 Å². The van der Waals surface area contributed by atoms with Gasteiger partial charge >= 0.3 is 0 Å². The van der Waals surface area contributed by atoms with Gasteiger partial charge in [-0.15, -0.1) is 11.3 Å². The summed E-state index contributed by atoms with van der Waals surface area (Å²) in [6.07, 6.45) is 3.77. The molecule has 0 aliphatic heterocycles. The second-order valence-electron chi connectivity index (χ2n) is 3.84. The molecule has 4 nitrogen and oxygen atoms in total. The van der Waals surface area contributed by atoms with Crippen LogP contribution in [0.4, 0.5) is 11.8 Å². The van der Waals surface area contributed by atoms with E-state index in [0.717, 1.165) is 16.0 Å². The molecule has 1 aliphatic carbocycles. The van der Waals surface area contributed by atoms with Gasteiger partial charge in [0.2, 0.25) is 5.95 Å². The first-order valence-electron chi connectivity index (χ1n) is 5.10. The van der Waals surface area contributed by atoms with E-state index in [4.69, 9.17) is 5.73 Å². The largest absolute Gasteiger partial charge is 0.368 e. The first-order chi connectivity index (χ1) is 7.33. The topological polar surface area (TPSA) is 63.8 Å². The Kier molecular flexibility index (Phi) is 1.98. The fourth-order valence-electron chi connectivity index (χ4n) is 1.73. The van der Waals surface area contributed by atoms with Gasteiger partial charge in [-0.2, -0.15) is 4.98 Å². The Morgan fingerprint density at radius 3 is 3.00 bits per heavy atom. The Balaban J connectivity index is 2.02. The third kappa shape index (κ3) is 1.52. The van der Waals surface area contributed by atoms with Gasteiger partial charge in [0.25, 0.3) is 0 Å². The molecule has 0 saturated heterocycles. The number of nitrogens with one attached hydrogen (secondary N) is 1. The lowest BCUT2D eigenvalue weighted by Crippen LogP contribution is -2.27. The van der Waals surface area contributed by atoms with Crippen molar-refractivity contribution in [1.82, 2.24) is 9.97 Å². The molecular formula is C10H12N4S. The summed E-state index contributed by atoms with van der Waals surface area (Å²) in [5.74, 6) is 1.25. The minimum absolute atomic E-state index is 0.353. The van der Waals surface area contributed by atoms with Crippen LogP contribution in [0.25, 0.3) is 10.2 Å². The molecule has 1 saturated carbocycles. The quantitative estimate of drug-likeness (QED) is 0.814. The molecule has 2 aromatic rings. The fourth-order valence-corrected chi connectivity index (χ4v) is 2.50. The Morgan fingerprint density at radius 1 is 1.40 bits per heavy atom. The van der Waals surface area contributed by atoms with E-state index in [0.29, 0.717) is 12.0 Å². The number of nitrogens with two attached hydrogens (primary N) is 1. The van der Waals surface area contributed by atoms with Crippen LogP contribution in [0.3, 0.4) is 0 Å². The summed E-state index contributed by atoms with van der Waals surface area (Å²) in [4.78, 5) is 9.41. The van der Waals surface area contributed by atoms with Gasteiger partial charge in [0.05, 0.1) is 5.39 Å². The Bertz CT molecular complexity index is 489. The molecule has 15 heavy (non-hydrogen) atoms. The maximum atomic E-state index is 5.66. The molecule has 3 rings (SSSR count). The maximum Gasteiger partial charge on any atom is 0.223 e. The standard InChI is InChI=1S/C10H12N4S/c11-10-13-8(12-6-2-1-3-6)7-4-5-15-9(7)14-10/h4-6H,1-3H2,(H3,11,12,13,14). The summed E-state index contributed by atoms with van der Waals surface area (Å²) in [7, 11) is 0. The van der Waals surface area contributed by atoms with Gasteiger partial charge in [-0.3, -0.25) is 0 Å². The lowest BCUT2D eigenvalue weighted by Gasteiger charge is -2.27. The molecule has 1 aliphatic rings. The van der Waals surface area contributed by atoms with E-state index in [9.17, 15) is 0 Å². The summed E-state index contributed by atoms with van der Waals surface area (Å²) in [5.41, 5.74) is 5.66. The molecule has 2 heterocycles. The number of hydrogen-bond acceptors (Lipinski definition) is 5. The second-order valence-corrected chi connectivity index (χ2v) is 4.74. The molecule has 0 unspecified atom stereocenters. The third-order valence-corrected chi connectivity index (χ3v) is 3.59. The van der Waals surface area contributed by atoms with Crippen LogP contribution in [-0.2, 0) is 0 Å². The summed E-state index contributed by atoms with van der Waals surface area (Å²) >= 11 is 1.60. The third-order valence-electron chi connectivity index (χ3n) is 2.79. The van der Waals surface area contributed by atoms with E-state index in [1.807, 2.05) is 11.4 Å². The Morgan fingerprint density at radius 2 is 2.27 bits per heavy atom. The highest BCUT2D eigenvalue weighted by Crippen LogP contribution is 2.29. The average Bonchev–Trinajstić information content (AvgIpc) is 2.58. The molecule has 0 atom stereocenters. The van der Waals surface area contributed by atoms with Crippen molar-refractivity contribution in [2.45, 2.75) is 25.3 Å². The Hall–Kier alpha value is -1.36. The van der Waals surface area contributed by atoms with Crippen molar-refractivity contribution in [2.24, 2.45) is 0 Å². The number of hydrogen-bond donors (Lipinski definition) is 2. The van der Waals surface area contributed by atoms with Crippen molar-refractivity contribution >= 4 is 33.3 Å². The predicted molar refractivity (Wildman–Crippen MR) is 63.1 cm³/mol. The van der Waals surface area contributed by atoms with Gasteiger partial charge in [-0.05, 0) is 30.7 Å². The number of nitrogens with zero attached hydrogens (tertiary/aromatic N) is 2. The SMILES string of the molecule is Nc1nc(NC2CCC2)c2ccsc2n1. The second kappa shape index (κ2) is 3.34. The molecule has 2 aromatic heterocycles. The van der Waals surface area contributed by atoms with Crippen LogP contribution in [0.5, 0.6) is 0 Å². The van der Waals surface area contributed by atoms with E-state index in [2.05, 4.69) is 15.3 Å². The van der Waals surface area contributed by atoms with Crippen molar-refractivity contribution in [1.29, 1.82) is 0 Å². The molecule has 3 N–H and O–H groups in total. The highest BCUT2D eigenvalue weighted by atomic mass is 32.1. The molecule has 0 radical (unpaired) electrons. The molecule has 5 heteroatoms. The molecule has 0 spiro atoms. The molecular weight excluding hydrogens is 208 g/mol. The summed E-state index contributed by atoms with van der Waals surface area (Å²) in [5, 5.41) is 6.53. The predicted octanol–water partition coefficient (Wildman–Crippen LogP) is 2.24. The number of fused-ring (bicyclic) bond motifs is 1. The maximum absolute atomic E-state index is 5.66. The van der Waals surface area contributed by atoms with Crippen LogP contribution >= 0.6 is 11.3 Å². The number of nitrogen functional groups attached to an aromatic ring is 1. The van der Waals surface area contributed by atoms with Crippen molar-refractivity contribution in [2.75, 3.05) is 11.1 Å². The first-order valence-corrected chi connectivity index (χ1v) is 5.98. The Labute approximate surface area is 91.5 Å². The highest BCUT2D eigenvalue weighted by Gasteiger charge is 2.19. The van der Waals surface area contributed by atoms with Crippen molar-refractivity contribution in [3.05, 3.63) is 11.4 Å². The van der Waals surface area contributed by atoms with Crippen LogP contribution in [0, 0.1) is 0 Å². The highest BCUT2D eigenvalue weighted by molar-refractivity contribution is 7.16. The van der Waals surface area contributed by atoms with Crippen molar-refractivity contribution < 1.29 is 0 Å². The van der Waals surface area contributed by atoms with Gasteiger partial charge in [-0.25, -0.2) is 4.98 Å². The van der Waals surface area contributed by atoms with Crippen LogP contribution in [0.2, 0.25) is 0 Å². The number of thiophene rings is 1. The summed E-state index contributed by atoms with van der Waals surface area (Å²) in [6, 6.07) is 2.61. The van der Waals surface area contributed by atoms with Crippen LogP contribution < -0.4 is 11.1 Å². The monoisotopic (exact) mass is 220 g/mol. The number of anilines is 2. The molecule has 1 fully saturated rings. The van der Waals surface area contributed by atoms with E-state index in [-0.39, 0.29) is 0 Å². The lowest BCUT2D eigenvalue weighted by molar-refractivity contribution is 0.445. The van der Waals surface area contributed by atoms with Gasteiger partial charge in [0, 0.05) is 6.04 Å². The molecule has 78 valence electrons. The zero-order valence-electron chi connectivity index (χ0n) is 8.23. The first kappa shape index (κ1) is 8.91. The van der Waals surface area contributed by atoms with Gasteiger partial charge in [0.1, 0.15) is 10.6 Å². The lowest BCUT2D eigenvalue weighted by atomic mass is 9.93. The summed E-state index contributed by atoms with van der Waals surface area (Å²) in [6.45, 7) is 0. The molecule has 0 bridgehead atoms. The van der Waals surface area contributed by atoms with Crippen LogP contribution in [0.15, 0.2) is 11.4 Å². The minimum atomic E-state index is 0.353. The van der Waals surface area contributed by atoms with Gasteiger partial charge in [-0.1, -0.05) is 0 Å². The van der Waals surface area contributed by atoms with Crippen LogP contribution in [0.1, 0.15) is 19.3 Å². The number of rotatable bonds is 2. The average molecular weight is 220 g/mol. The fraction of sp³-hybridized carbons (Fsp3) is 0.400. The normalized spacial score (nSPS) is 16.5. The van der Waals surface area contributed by atoms with E-state index >= 15 is 0 Å². The minimum Gasteiger partial charge on any atom is -0.368 e. The number of aromatic nitrogens is 2. The van der Waals surface area contributed by atoms with E-state index in [1.54, 1.807) is 11.3 Å².